The van der Waals surface area contributed by atoms with E-state index in [0.29, 0.717) is 11.3 Å². The second kappa shape index (κ2) is 6.87. The van der Waals surface area contributed by atoms with Gasteiger partial charge in [0.25, 0.3) is 0 Å². The van der Waals surface area contributed by atoms with Gasteiger partial charge in [-0.15, -0.1) is 0 Å². The second-order valence-electron chi connectivity index (χ2n) is 6.56. The number of H-pyrrole nitrogens is 1. The van der Waals surface area contributed by atoms with Gasteiger partial charge in [-0.2, -0.15) is 18.2 Å². The molecule has 4 aromatic rings. The summed E-state index contributed by atoms with van der Waals surface area (Å²) < 4.78 is 55.0. The molecule has 0 aliphatic rings. The molecule has 1 aromatic carbocycles. The zero-order valence-corrected chi connectivity index (χ0v) is 15.5. The van der Waals surface area contributed by atoms with Gasteiger partial charge in [0.2, 0.25) is 5.95 Å². The molecule has 154 valence electrons. The van der Waals surface area contributed by atoms with Crippen LogP contribution in [0.15, 0.2) is 36.7 Å². The SMILES string of the molecule is Cc1c[nH]c2nccc(Nc3ccc(-c4c(N)nc(N)nc4C(F)(F)F)cc3F)c12. The average Bonchev–Trinajstić information content (AvgIpc) is 3.04. The normalized spacial score (nSPS) is 11.8. The Balaban J connectivity index is 1.77. The average molecular weight is 417 g/mol. The van der Waals surface area contributed by atoms with Gasteiger partial charge in [-0.3, -0.25) is 0 Å². The molecule has 0 bridgehead atoms. The first-order valence-electron chi connectivity index (χ1n) is 8.65. The summed E-state index contributed by atoms with van der Waals surface area (Å²) in [6.45, 7) is 1.87. The molecular formula is C19H15F4N7. The number of anilines is 4. The molecule has 0 saturated carbocycles. The first-order chi connectivity index (χ1) is 14.1. The fourth-order valence-corrected chi connectivity index (χ4v) is 3.23. The first kappa shape index (κ1) is 19.4. The van der Waals surface area contributed by atoms with Crippen LogP contribution in [-0.4, -0.2) is 19.9 Å². The van der Waals surface area contributed by atoms with E-state index in [0.717, 1.165) is 17.0 Å². The Morgan fingerprint density at radius 2 is 1.83 bits per heavy atom. The van der Waals surface area contributed by atoms with Crippen LogP contribution in [0, 0.1) is 12.7 Å². The molecule has 0 amide bonds. The summed E-state index contributed by atoms with van der Waals surface area (Å²) >= 11 is 0. The molecule has 0 fully saturated rings. The molecule has 0 aliphatic heterocycles. The largest absolute Gasteiger partial charge is 0.434 e. The Kier molecular flexibility index (Phi) is 4.45. The zero-order valence-electron chi connectivity index (χ0n) is 15.5. The van der Waals surface area contributed by atoms with E-state index in [1.54, 1.807) is 18.5 Å². The summed E-state index contributed by atoms with van der Waals surface area (Å²) in [5, 5.41) is 3.72. The molecule has 0 saturated heterocycles. The number of nitrogen functional groups attached to an aromatic ring is 2. The quantitative estimate of drug-likeness (QED) is 0.367. The number of nitrogens with one attached hydrogen (secondary N) is 2. The number of halogens is 4. The van der Waals surface area contributed by atoms with Crippen LogP contribution in [0.25, 0.3) is 22.2 Å². The highest BCUT2D eigenvalue weighted by atomic mass is 19.4. The van der Waals surface area contributed by atoms with Gasteiger partial charge in [-0.1, -0.05) is 6.07 Å². The van der Waals surface area contributed by atoms with Crippen LogP contribution in [0.1, 0.15) is 11.3 Å². The van der Waals surface area contributed by atoms with E-state index < -0.39 is 35.0 Å². The predicted molar refractivity (Wildman–Crippen MR) is 105 cm³/mol. The van der Waals surface area contributed by atoms with E-state index in [1.165, 1.54) is 12.1 Å². The number of hydrogen-bond acceptors (Lipinski definition) is 6. The van der Waals surface area contributed by atoms with Gasteiger partial charge < -0.3 is 21.8 Å². The summed E-state index contributed by atoms with van der Waals surface area (Å²) in [6.07, 6.45) is -1.53. The number of rotatable bonds is 3. The van der Waals surface area contributed by atoms with E-state index in [2.05, 4.69) is 25.3 Å². The third-order valence-corrected chi connectivity index (χ3v) is 4.52. The topological polar surface area (TPSA) is 119 Å². The fourth-order valence-electron chi connectivity index (χ4n) is 3.23. The minimum Gasteiger partial charge on any atom is -0.383 e. The highest BCUT2D eigenvalue weighted by molar-refractivity contribution is 5.94. The molecule has 0 unspecified atom stereocenters. The number of pyridine rings is 1. The number of aromatic nitrogens is 4. The van der Waals surface area contributed by atoms with Crippen molar-refractivity contribution in [2.45, 2.75) is 13.1 Å². The van der Waals surface area contributed by atoms with Gasteiger partial charge in [-0.05, 0) is 36.2 Å². The van der Waals surface area contributed by atoms with Crippen molar-refractivity contribution in [2.24, 2.45) is 0 Å². The van der Waals surface area contributed by atoms with E-state index in [9.17, 15) is 17.6 Å². The summed E-state index contributed by atoms with van der Waals surface area (Å²) in [5.74, 6) is -1.89. The predicted octanol–water partition coefficient (Wildman–Crippen LogP) is 4.39. The maximum absolute atomic E-state index is 14.8. The molecular weight excluding hydrogens is 402 g/mol. The van der Waals surface area contributed by atoms with E-state index in [-0.39, 0.29) is 11.3 Å². The third-order valence-electron chi connectivity index (χ3n) is 4.52. The lowest BCUT2D eigenvalue weighted by Gasteiger charge is -2.15. The number of alkyl halides is 3. The number of fused-ring (bicyclic) bond motifs is 1. The number of hydrogen-bond donors (Lipinski definition) is 4. The maximum atomic E-state index is 14.8. The number of nitrogens with two attached hydrogens (primary N) is 2. The molecule has 7 nitrogen and oxygen atoms in total. The van der Waals surface area contributed by atoms with Crippen LogP contribution in [0.2, 0.25) is 0 Å². The second-order valence-corrected chi connectivity index (χ2v) is 6.56. The molecule has 3 heterocycles. The Hall–Kier alpha value is -3.89. The zero-order chi connectivity index (χ0) is 21.6. The molecule has 0 aliphatic carbocycles. The number of aromatic amines is 1. The molecule has 3 aromatic heterocycles. The van der Waals surface area contributed by atoms with E-state index >= 15 is 0 Å². The van der Waals surface area contributed by atoms with Crippen molar-refractivity contribution in [3.8, 4) is 11.1 Å². The Morgan fingerprint density at radius 1 is 1.07 bits per heavy atom. The van der Waals surface area contributed by atoms with Crippen molar-refractivity contribution in [1.82, 2.24) is 19.9 Å². The van der Waals surface area contributed by atoms with Gasteiger partial charge in [0.15, 0.2) is 5.69 Å². The lowest BCUT2D eigenvalue weighted by molar-refractivity contribution is -0.140. The van der Waals surface area contributed by atoms with Crippen molar-refractivity contribution in [1.29, 1.82) is 0 Å². The summed E-state index contributed by atoms with van der Waals surface area (Å²) in [7, 11) is 0. The van der Waals surface area contributed by atoms with Crippen LogP contribution < -0.4 is 16.8 Å². The van der Waals surface area contributed by atoms with Crippen LogP contribution in [-0.2, 0) is 6.18 Å². The molecule has 30 heavy (non-hydrogen) atoms. The fraction of sp³-hybridized carbons (Fsp3) is 0.105. The van der Waals surface area contributed by atoms with Gasteiger partial charge in [0, 0.05) is 17.8 Å². The van der Waals surface area contributed by atoms with Gasteiger partial charge in [-0.25, -0.2) is 14.4 Å². The number of nitrogens with zero attached hydrogens (tertiary/aromatic N) is 3. The van der Waals surface area contributed by atoms with Crippen molar-refractivity contribution in [3.63, 3.8) is 0 Å². The standard InChI is InChI=1S/C19H15F4N7/c1-8-7-27-17-13(8)12(4-5-26-17)28-11-3-2-9(6-10(11)20)14-15(19(21,22)23)29-18(25)30-16(14)24/h2-7H,1H3,(H2,26,27,28)(H4,24,25,29,30). The molecule has 0 radical (unpaired) electrons. The molecule has 0 spiro atoms. The number of benzene rings is 1. The van der Waals surface area contributed by atoms with Crippen molar-refractivity contribution in [3.05, 3.63) is 53.7 Å². The van der Waals surface area contributed by atoms with E-state index in [4.69, 9.17) is 11.5 Å². The Bertz CT molecular complexity index is 1260. The maximum Gasteiger partial charge on any atom is 0.434 e. The van der Waals surface area contributed by atoms with E-state index in [1.807, 2.05) is 6.92 Å². The van der Waals surface area contributed by atoms with Crippen molar-refractivity contribution in [2.75, 3.05) is 16.8 Å². The highest BCUT2D eigenvalue weighted by Crippen LogP contribution is 2.40. The molecule has 4 rings (SSSR count). The lowest BCUT2D eigenvalue weighted by Crippen LogP contribution is -2.15. The summed E-state index contributed by atoms with van der Waals surface area (Å²) in [6, 6.07) is 5.22. The molecule has 11 heteroatoms. The van der Waals surface area contributed by atoms with Crippen LogP contribution >= 0.6 is 0 Å². The minimum atomic E-state index is -4.84. The molecule has 6 N–H and O–H groups in total. The smallest absolute Gasteiger partial charge is 0.383 e. The molecule has 0 atom stereocenters. The van der Waals surface area contributed by atoms with Crippen LogP contribution in [0.5, 0.6) is 0 Å². The Labute approximate surface area is 167 Å². The van der Waals surface area contributed by atoms with Crippen LogP contribution in [0.3, 0.4) is 0 Å². The van der Waals surface area contributed by atoms with Gasteiger partial charge in [0.1, 0.15) is 17.3 Å². The number of aryl methyl sites for hydroxylation is 1. The van der Waals surface area contributed by atoms with Crippen LogP contribution in [0.4, 0.5) is 40.7 Å². The first-order valence-corrected chi connectivity index (χ1v) is 8.65. The monoisotopic (exact) mass is 417 g/mol. The lowest BCUT2D eigenvalue weighted by atomic mass is 10.0. The summed E-state index contributed by atoms with van der Waals surface area (Å²) in [4.78, 5) is 14.0. The van der Waals surface area contributed by atoms with Crippen molar-refractivity contribution >= 4 is 34.2 Å². The third kappa shape index (κ3) is 3.34. The van der Waals surface area contributed by atoms with Gasteiger partial charge in [0.05, 0.1) is 16.9 Å². The van der Waals surface area contributed by atoms with Gasteiger partial charge >= 0.3 is 6.18 Å². The highest BCUT2D eigenvalue weighted by Gasteiger charge is 2.38. The Morgan fingerprint density at radius 3 is 2.53 bits per heavy atom. The van der Waals surface area contributed by atoms with Crippen molar-refractivity contribution < 1.29 is 17.6 Å². The summed E-state index contributed by atoms with van der Waals surface area (Å²) in [5.41, 5.74) is 11.1. The minimum absolute atomic E-state index is 0.0651.